The van der Waals surface area contributed by atoms with E-state index in [0.29, 0.717) is 48.8 Å². The van der Waals surface area contributed by atoms with E-state index in [1.807, 2.05) is 0 Å². The number of benzene rings is 5. The zero-order chi connectivity index (χ0) is 94.5. The average Bonchev–Trinajstić information content (AvgIpc) is 1.44. The van der Waals surface area contributed by atoms with Gasteiger partial charge in [-0.25, -0.2) is 28.8 Å². The van der Waals surface area contributed by atoms with Gasteiger partial charge in [0, 0.05) is 80.9 Å². The Morgan fingerprint density at radius 2 is 0.931 bits per heavy atom. The second kappa shape index (κ2) is 37.1. The Hall–Kier alpha value is -11.4. The van der Waals surface area contributed by atoms with E-state index in [2.05, 4.69) is 16.0 Å². The number of ether oxygens (including phenoxy) is 11. The Morgan fingerprint density at radius 3 is 1.38 bits per heavy atom. The summed E-state index contributed by atoms with van der Waals surface area (Å²) in [6, 6.07) is 37.5. The predicted molar refractivity (Wildman–Crippen MR) is 462 cm³/mol. The van der Waals surface area contributed by atoms with Gasteiger partial charge in [0.15, 0.2) is 29.9 Å². The van der Waals surface area contributed by atoms with Crippen LogP contribution in [-0.2, 0) is 95.3 Å². The monoisotopic (exact) mass is 1800 g/mol. The summed E-state index contributed by atoms with van der Waals surface area (Å²) in [4.78, 5) is 182. The predicted octanol–water partition coefficient (Wildman–Crippen LogP) is 10.0. The topological polar surface area (TPSA) is 440 Å². The summed E-state index contributed by atoms with van der Waals surface area (Å²) in [5.41, 5.74) is -12.9. The third-order valence-corrected chi connectivity index (χ3v) is 28.8. The van der Waals surface area contributed by atoms with E-state index in [4.69, 9.17) is 52.1 Å². The maximum atomic E-state index is 15.7. The van der Waals surface area contributed by atoms with Gasteiger partial charge in [-0.15, -0.1) is 0 Å². The van der Waals surface area contributed by atoms with Crippen LogP contribution in [0.15, 0.2) is 174 Å². The van der Waals surface area contributed by atoms with Crippen molar-refractivity contribution in [2.75, 3.05) is 26.9 Å². The van der Waals surface area contributed by atoms with Crippen molar-refractivity contribution >= 4 is 77.2 Å². The van der Waals surface area contributed by atoms with Gasteiger partial charge in [-0.05, 0) is 168 Å². The molecule has 0 aromatic heterocycles. The molecule has 9 aliphatic carbocycles. The molecular weight excluding hydrogens is 1680 g/mol. The molecule has 0 heterocycles. The molecule has 5 aromatic rings. The van der Waals surface area contributed by atoms with Crippen molar-refractivity contribution in [2.24, 2.45) is 51.2 Å². The highest BCUT2D eigenvalue weighted by atomic mass is 16.6. The molecule has 0 unspecified atom stereocenters. The van der Waals surface area contributed by atoms with E-state index in [1.54, 1.807) is 195 Å². The van der Waals surface area contributed by atoms with Crippen LogP contribution < -0.4 is 16.0 Å². The number of ketones is 2. The van der Waals surface area contributed by atoms with Gasteiger partial charge in [-0.3, -0.25) is 33.6 Å². The van der Waals surface area contributed by atoms with E-state index in [9.17, 15) is 68.4 Å². The summed E-state index contributed by atoms with van der Waals surface area (Å²) in [6.07, 6.45) is -13.5. The normalized spacial score (nSPS) is 31.3. The average molecular weight is 1800 g/mol. The molecule has 9 aliphatic rings. The molecule has 1 spiro atoms. The van der Waals surface area contributed by atoms with Crippen LogP contribution in [0.1, 0.15) is 209 Å². The van der Waals surface area contributed by atoms with Crippen molar-refractivity contribution in [3.63, 3.8) is 0 Å². The summed E-state index contributed by atoms with van der Waals surface area (Å²) in [6.45, 7) is 20.7. The fourth-order valence-corrected chi connectivity index (χ4v) is 22.4. The Labute approximate surface area is 754 Å². The van der Waals surface area contributed by atoms with Crippen LogP contribution in [0.25, 0.3) is 0 Å². The molecule has 696 valence electrons. The van der Waals surface area contributed by atoms with Gasteiger partial charge in [0.1, 0.15) is 59.5 Å². The summed E-state index contributed by atoms with van der Waals surface area (Å²) < 4.78 is 66.3. The Bertz CT molecular complexity index is 5250. The van der Waals surface area contributed by atoms with E-state index >= 15 is 14.4 Å². The van der Waals surface area contributed by atoms with Crippen LogP contribution in [0.4, 0.5) is 4.79 Å². The number of aliphatic hydroxyl groups is 4. The van der Waals surface area contributed by atoms with Crippen molar-refractivity contribution in [1.29, 1.82) is 0 Å². The highest BCUT2D eigenvalue weighted by molar-refractivity contribution is 5.99. The van der Waals surface area contributed by atoms with Crippen molar-refractivity contribution < 1.29 is 135 Å². The van der Waals surface area contributed by atoms with Crippen LogP contribution >= 0.6 is 0 Å². The molecule has 7 saturated carbocycles. The molecule has 0 saturated heterocycles. The van der Waals surface area contributed by atoms with Gasteiger partial charge >= 0.3 is 59.8 Å². The minimum atomic E-state index is -2.41. The van der Waals surface area contributed by atoms with Gasteiger partial charge in [0.25, 0.3) is 5.91 Å². The van der Waals surface area contributed by atoms with Gasteiger partial charge in [-0.1, -0.05) is 143 Å². The summed E-state index contributed by atoms with van der Waals surface area (Å²) in [5, 5.41) is 59.9. The van der Waals surface area contributed by atoms with Crippen LogP contribution in [0, 0.1) is 51.2 Å². The molecule has 3 amide bonds. The molecule has 7 fully saturated rings. The quantitative estimate of drug-likeness (QED) is 0.0124. The standard InChI is InChI=1S/C53H61NO16.C46H56N2O12/c1-30-37(67-49(62)43(68-39(58)29-65-26-25-64-7)41(33-17-11-8-12-18-33)54-47(60)34-19-13-9-14-20-34)28-53(63)46(69-48(61)35-21-15-10-16-22-35)44-51(6,38(57)27-36-23-24-52(36,44)70-32(3)56)45(59)42(66-31(2)55)40(30)50(53,4)5;1-24-31(58-40(54)34(51)33(27-15-11-9-12-16-27)47-41(55)48-42(4,5)6)23-46(56)38(59-39(53)28-17-13-10-14-18-28)36-44(37(52)35(57-25(2)49)32(24)43(46,7)8)22-30(44)21-29-19-20-45(29,36)60-26(3)50/h8-22,36-38,41-44,46,57,63H,23-29H2,1-7H3,(H,54,60);9-18,29-31,33-36,38,51,56H,19-23H2,1-8H3,(H2,47,48,55)/t36-,37+,38+,41+,42-,43-,44+,46+,51-,52+,53-;29-,30-,31+,33+,34-,35-,36+,38+,44-,45+,46-/m11/s1. The minimum Gasteiger partial charge on any atom is -0.458 e. The first kappa shape index (κ1) is 96.2. The van der Waals surface area contributed by atoms with E-state index in [-0.39, 0.29) is 71.3 Å². The zero-order valence-electron chi connectivity index (χ0n) is 75.7. The van der Waals surface area contributed by atoms with Gasteiger partial charge in [0.05, 0.1) is 53.7 Å². The Morgan fingerprint density at radius 1 is 0.500 bits per heavy atom. The molecule has 31 heteroatoms. The molecule has 0 aliphatic heterocycles. The van der Waals surface area contributed by atoms with Crippen molar-refractivity contribution in [3.05, 3.63) is 202 Å². The van der Waals surface area contributed by atoms with Gasteiger partial charge < -0.3 is 88.5 Å². The molecule has 0 radical (unpaired) electrons. The lowest BCUT2D eigenvalue weighted by Gasteiger charge is -2.68. The van der Waals surface area contributed by atoms with E-state index in [0.717, 1.165) is 6.92 Å². The second-order valence-electron chi connectivity index (χ2n) is 38.2. The number of urea groups is 1. The third-order valence-electron chi connectivity index (χ3n) is 28.8. The smallest absolute Gasteiger partial charge is 0.350 e. The van der Waals surface area contributed by atoms with Gasteiger partial charge in [-0.2, -0.15) is 0 Å². The van der Waals surface area contributed by atoms with Gasteiger partial charge in [0.2, 0.25) is 6.10 Å². The minimum absolute atomic E-state index is 0.00552. The third kappa shape index (κ3) is 17.7. The highest BCUT2D eigenvalue weighted by Crippen LogP contribution is 2.78. The number of aliphatic hydroxyl groups excluding tert-OH is 2. The van der Waals surface area contributed by atoms with Crippen LogP contribution in [-0.4, -0.2) is 207 Å². The van der Waals surface area contributed by atoms with Crippen LogP contribution in [0.3, 0.4) is 0 Å². The molecule has 14 rings (SSSR count). The van der Waals surface area contributed by atoms with Crippen molar-refractivity contribution in [2.45, 2.75) is 250 Å². The number of rotatable bonds is 25. The number of nitrogens with one attached hydrogen (secondary N) is 3. The number of amides is 3. The van der Waals surface area contributed by atoms with E-state index in [1.165, 1.54) is 53.9 Å². The number of esters is 9. The Balaban J connectivity index is 0.000000224. The second-order valence-corrected chi connectivity index (χ2v) is 38.2. The lowest BCUT2D eigenvalue weighted by Crippen LogP contribution is -2.78. The Kier molecular flexibility index (Phi) is 27.5. The number of hydrogen-bond acceptors (Lipinski definition) is 28. The molecule has 130 heavy (non-hydrogen) atoms. The van der Waals surface area contributed by atoms with Crippen LogP contribution in [0.5, 0.6) is 0 Å². The highest BCUT2D eigenvalue weighted by Gasteiger charge is 2.84. The van der Waals surface area contributed by atoms with Crippen LogP contribution in [0.2, 0.25) is 0 Å². The number of hydrogen-bond donors (Lipinski definition) is 7. The lowest BCUT2D eigenvalue weighted by molar-refractivity contribution is -0.296. The number of Topliss-reactive ketones (excluding diaryl/α,β-unsaturated/α-hetero) is 2. The first-order valence-corrected chi connectivity index (χ1v) is 44.1. The number of fused-ring (bicyclic) bond motifs is 9. The maximum Gasteiger partial charge on any atom is 0.350 e. The molecule has 22 atom stereocenters. The maximum absolute atomic E-state index is 15.7. The number of carbonyl (C=O) groups is 13. The summed E-state index contributed by atoms with van der Waals surface area (Å²) in [5.74, 6) is -13.6. The van der Waals surface area contributed by atoms with Crippen molar-refractivity contribution in [3.8, 4) is 0 Å². The molecular formula is C99H117N3O28. The zero-order valence-corrected chi connectivity index (χ0v) is 75.7. The first-order valence-electron chi connectivity index (χ1n) is 44.1. The molecule has 4 bridgehead atoms. The molecule has 31 nitrogen and oxygen atoms in total. The number of carbonyl (C=O) groups excluding carboxylic acids is 13. The summed E-state index contributed by atoms with van der Waals surface area (Å²) in [7, 11) is 1.45. The number of methoxy groups -OCH3 is 1. The fourth-order valence-electron chi connectivity index (χ4n) is 22.4. The molecule has 5 aromatic carbocycles. The fraction of sp³-hybridized carbons (Fsp3) is 0.525. The SMILES string of the molecule is CC(=O)O[C@H]1C(=O)[C@]23C[C@H]2C[C@H]2CC[C@@]2(OC(C)=O)[C@H]3[C@H](OC(=O)c2ccccc2)[C@]2(O)C[C@H](OC(=O)[C@H](O)[C@@H](NC(=O)NC(C)(C)C)c3ccccc3)C(C)=C1C2(C)C.COCCOCC(=O)O[C@@H](C(=O)O[C@H]1C[C@@]2(O)[C@@H](OC(=O)c3ccccc3)[C@@H]3[C@]4(OC(C)=O)CC[C@@H]4C[C@H](O)[C@@]3(C)C(=O)[C@H](OC(C)=O)C(=C1C)C2(C)C)[C@@H](NC(=O)c1ccccc1)c1ccccc1. The summed E-state index contributed by atoms with van der Waals surface area (Å²) >= 11 is 0. The van der Waals surface area contributed by atoms with Crippen molar-refractivity contribution in [1.82, 2.24) is 16.0 Å². The molecule has 7 N–H and O–H groups in total. The first-order chi connectivity index (χ1) is 61.3. The largest absolute Gasteiger partial charge is 0.458 e. The lowest BCUT2D eigenvalue weighted by atomic mass is 9.41. The van der Waals surface area contributed by atoms with E-state index < -0.39 is 231 Å².